The molecule has 7 nitrogen and oxygen atoms in total. The number of ether oxygens (including phenoxy) is 1. The van der Waals surface area contributed by atoms with Crippen LogP contribution in [0.3, 0.4) is 0 Å². The molecule has 0 aliphatic carbocycles. The second-order valence-corrected chi connectivity index (χ2v) is 9.05. The Bertz CT molecular complexity index is 1430. The molecule has 0 radical (unpaired) electrons. The number of nitrogens with one attached hydrogen (secondary N) is 2. The van der Waals surface area contributed by atoms with Crippen LogP contribution in [0.5, 0.6) is 5.75 Å². The average Bonchev–Trinajstić information content (AvgIpc) is 3.20. The number of hydrogen-bond donors (Lipinski definition) is 2. The molecule has 0 atom stereocenters. The van der Waals surface area contributed by atoms with Gasteiger partial charge in [0.2, 0.25) is 0 Å². The van der Waals surface area contributed by atoms with Gasteiger partial charge in [0.05, 0.1) is 23.3 Å². The molecule has 0 bridgehead atoms. The van der Waals surface area contributed by atoms with Crippen LogP contribution in [0.15, 0.2) is 77.9 Å². The molecular weight excluding hydrogens is 509 g/mol. The summed E-state index contributed by atoms with van der Waals surface area (Å²) >= 11 is 13.4. The number of carbonyl (C=O) groups is 3. The summed E-state index contributed by atoms with van der Waals surface area (Å²) in [5.74, 6) is -1.11. The van der Waals surface area contributed by atoms with E-state index in [0.29, 0.717) is 31.8 Å². The zero-order valence-electron chi connectivity index (χ0n) is 18.0. The summed E-state index contributed by atoms with van der Waals surface area (Å²) in [6.45, 7) is -0.265. The van der Waals surface area contributed by atoms with Crippen molar-refractivity contribution < 1.29 is 19.1 Å². The van der Waals surface area contributed by atoms with Gasteiger partial charge in [-0.15, -0.1) is 11.3 Å². The van der Waals surface area contributed by atoms with Crippen molar-refractivity contribution >= 4 is 68.6 Å². The maximum Gasteiger partial charge on any atom is 0.343 e. The van der Waals surface area contributed by atoms with Crippen molar-refractivity contribution in [3.05, 3.63) is 98.8 Å². The lowest BCUT2D eigenvalue weighted by atomic mass is 10.2. The van der Waals surface area contributed by atoms with Crippen LogP contribution in [0.1, 0.15) is 25.6 Å². The summed E-state index contributed by atoms with van der Waals surface area (Å²) in [4.78, 5) is 36.9. The molecule has 10 heteroatoms. The van der Waals surface area contributed by atoms with Gasteiger partial charge in [0, 0.05) is 15.1 Å². The maximum absolute atomic E-state index is 12.4. The standard InChI is InChI=1S/C25H17Cl2N3O4S/c26-17-5-3-4-16(12-17)25(33)34-18-10-8-15(9-11-18)13-29-30-21(31)14-28-24(32)23-22(27)19-6-1-2-7-20(19)35-23/h1-13H,14H2,(H,28,32)(H,30,31). The van der Waals surface area contributed by atoms with E-state index in [2.05, 4.69) is 15.8 Å². The molecule has 0 unspecified atom stereocenters. The molecule has 0 aliphatic heterocycles. The van der Waals surface area contributed by atoms with E-state index in [1.807, 2.05) is 24.3 Å². The van der Waals surface area contributed by atoms with E-state index in [0.717, 1.165) is 10.1 Å². The molecule has 0 aliphatic rings. The number of halogens is 2. The Kier molecular flexibility index (Phi) is 7.77. The SMILES string of the molecule is O=C(CNC(=O)c1sc2ccccc2c1Cl)NN=Cc1ccc(OC(=O)c2cccc(Cl)c2)cc1. The highest BCUT2D eigenvalue weighted by molar-refractivity contribution is 7.21. The number of rotatable bonds is 7. The molecule has 0 fully saturated rings. The Morgan fingerprint density at radius 3 is 2.49 bits per heavy atom. The highest BCUT2D eigenvalue weighted by Gasteiger charge is 2.17. The van der Waals surface area contributed by atoms with Crippen LogP contribution in [0, 0.1) is 0 Å². The van der Waals surface area contributed by atoms with Gasteiger partial charge >= 0.3 is 5.97 Å². The van der Waals surface area contributed by atoms with Gasteiger partial charge in [-0.05, 0) is 54.1 Å². The van der Waals surface area contributed by atoms with Gasteiger partial charge in [-0.3, -0.25) is 9.59 Å². The van der Waals surface area contributed by atoms with Gasteiger partial charge in [0.1, 0.15) is 10.6 Å². The number of amides is 2. The molecule has 2 amide bonds. The zero-order chi connectivity index (χ0) is 24.8. The molecule has 1 heterocycles. The largest absolute Gasteiger partial charge is 0.423 e. The lowest BCUT2D eigenvalue weighted by Crippen LogP contribution is -2.34. The van der Waals surface area contributed by atoms with E-state index in [1.54, 1.807) is 42.5 Å². The van der Waals surface area contributed by atoms with Crippen LogP contribution in [0.25, 0.3) is 10.1 Å². The first-order valence-corrected chi connectivity index (χ1v) is 11.8. The van der Waals surface area contributed by atoms with Crippen molar-refractivity contribution in [2.75, 3.05) is 6.54 Å². The predicted molar refractivity (Wildman–Crippen MR) is 138 cm³/mol. The minimum absolute atomic E-state index is 0.265. The number of hydrazone groups is 1. The number of fused-ring (bicyclic) bond motifs is 1. The summed E-state index contributed by atoms with van der Waals surface area (Å²) in [5.41, 5.74) is 3.34. The van der Waals surface area contributed by atoms with Gasteiger partial charge < -0.3 is 10.1 Å². The van der Waals surface area contributed by atoms with Crippen LogP contribution < -0.4 is 15.5 Å². The van der Waals surface area contributed by atoms with E-state index >= 15 is 0 Å². The highest BCUT2D eigenvalue weighted by Crippen LogP contribution is 2.34. The van der Waals surface area contributed by atoms with Crippen molar-refractivity contribution in [2.45, 2.75) is 0 Å². The number of esters is 1. The number of carbonyl (C=O) groups excluding carboxylic acids is 3. The number of thiophene rings is 1. The van der Waals surface area contributed by atoms with Crippen LogP contribution in [0.4, 0.5) is 0 Å². The van der Waals surface area contributed by atoms with Crippen molar-refractivity contribution in [3.8, 4) is 5.75 Å². The fraction of sp³-hybridized carbons (Fsp3) is 0.0400. The van der Waals surface area contributed by atoms with Gasteiger partial charge in [0.15, 0.2) is 0 Å². The minimum Gasteiger partial charge on any atom is -0.423 e. The molecule has 3 aromatic carbocycles. The Labute approximate surface area is 214 Å². The van der Waals surface area contributed by atoms with Gasteiger partial charge in [-0.25, -0.2) is 10.2 Å². The lowest BCUT2D eigenvalue weighted by molar-refractivity contribution is -0.120. The van der Waals surface area contributed by atoms with Gasteiger partial charge in [-0.2, -0.15) is 5.10 Å². The first-order chi connectivity index (χ1) is 16.9. The lowest BCUT2D eigenvalue weighted by Gasteiger charge is -2.05. The van der Waals surface area contributed by atoms with Crippen LogP contribution >= 0.6 is 34.5 Å². The summed E-state index contributed by atoms with van der Waals surface area (Å²) in [6.07, 6.45) is 1.42. The van der Waals surface area contributed by atoms with E-state index in [1.165, 1.54) is 23.6 Å². The smallest absolute Gasteiger partial charge is 0.343 e. The molecule has 2 N–H and O–H groups in total. The minimum atomic E-state index is -0.528. The topological polar surface area (TPSA) is 96.9 Å². The Hall–Kier alpha value is -3.72. The maximum atomic E-state index is 12.4. The molecule has 0 saturated heterocycles. The molecule has 4 aromatic rings. The normalized spacial score (nSPS) is 10.9. The molecule has 1 aromatic heterocycles. The highest BCUT2D eigenvalue weighted by atomic mass is 35.5. The number of nitrogens with zero attached hydrogens (tertiary/aromatic N) is 1. The summed E-state index contributed by atoms with van der Waals surface area (Å²) < 4.78 is 6.20. The van der Waals surface area contributed by atoms with E-state index in [4.69, 9.17) is 27.9 Å². The van der Waals surface area contributed by atoms with Crippen molar-refractivity contribution in [1.29, 1.82) is 0 Å². The van der Waals surface area contributed by atoms with E-state index in [9.17, 15) is 14.4 Å². The zero-order valence-corrected chi connectivity index (χ0v) is 20.3. The predicted octanol–water partition coefficient (Wildman–Crippen LogP) is 5.31. The van der Waals surface area contributed by atoms with E-state index in [-0.39, 0.29) is 6.54 Å². The third-order valence-electron chi connectivity index (χ3n) is 4.70. The van der Waals surface area contributed by atoms with Crippen LogP contribution in [-0.4, -0.2) is 30.5 Å². The second-order valence-electron chi connectivity index (χ2n) is 7.19. The fourth-order valence-corrected chi connectivity index (χ4v) is 4.65. The summed E-state index contributed by atoms with van der Waals surface area (Å²) in [5, 5.41) is 8.01. The number of benzene rings is 3. The van der Waals surface area contributed by atoms with E-state index < -0.39 is 17.8 Å². The first kappa shape index (κ1) is 24.4. The quantitative estimate of drug-likeness (QED) is 0.148. The molecule has 4 rings (SSSR count). The average molecular weight is 526 g/mol. The summed E-state index contributed by atoms with van der Waals surface area (Å²) in [7, 11) is 0. The molecule has 35 heavy (non-hydrogen) atoms. The Balaban J connectivity index is 1.25. The third kappa shape index (κ3) is 6.24. The van der Waals surface area contributed by atoms with Gasteiger partial charge in [0.25, 0.3) is 11.8 Å². The van der Waals surface area contributed by atoms with Gasteiger partial charge in [-0.1, -0.05) is 47.5 Å². The second kappa shape index (κ2) is 11.1. The first-order valence-electron chi connectivity index (χ1n) is 10.3. The third-order valence-corrected chi connectivity index (χ3v) is 6.61. The monoisotopic (exact) mass is 525 g/mol. The molecule has 0 spiro atoms. The fourth-order valence-electron chi connectivity index (χ4n) is 3.02. The molecular formula is C25H17Cl2N3O4S. The van der Waals surface area contributed by atoms with Crippen molar-refractivity contribution in [2.24, 2.45) is 5.10 Å². The van der Waals surface area contributed by atoms with Crippen molar-refractivity contribution in [1.82, 2.24) is 10.7 Å². The Morgan fingerprint density at radius 1 is 0.971 bits per heavy atom. The van der Waals surface area contributed by atoms with Crippen LogP contribution in [0.2, 0.25) is 10.0 Å². The number of hydrogen-bond acceptors (Lipinski definition) is 6. The molecule has 0 saturated carbocycles. The summed E-state index contributed by atoms with van der Waals surface area (Å²) in [6, 6.07) is 20.4. The van der Waals surface area contributed by atoms with Crippen LogP contribution in [-0.2, 0) is 4.79 Å². The molecule has 176 valence electrons. The van der Waals surface area contributed by atoms with Crippen molar-refractivity contribution in [3.63, 3.8) is 0 Å². The Morgan fingerprint density at radius 2 is 1.74 bits per heavy atom.